The van der Waals surface area contributed by atoms with Gasteiger partial charge in [0.05, 0.1) is 30.0 Å². The summed E-state index contributed by atoms with van der Waals surface area (Å²) in [4.78, 5) is 41.8. The van der Waals surface area contributed by atoms with Gasteiger partial charge in [0.25, 0.3) is 11.8 Å². The number of hydrogen-bond donors (Lipinski definition) is 2. The third-order valence-corrected chi connectivity index (χ3v) is 4.98. The highest BCUT2D eigenvalue weighted by atomic mass is 16.6. The molecule has 1 fully saturated rings. The Balaban J connectivity index is 1.49. The number of nitrogens with zero attached hydrogens (tertiary/aromatic N) is 3. The summed E-state index contributed by atoms with van der Waals surface area (Å²) < 4.78 is 11.7. The van der Waals surface area contributed by atoms with Crippen molar-refractivity contribution in [1.29, 1.82) is 0 Å². The van der Waals surface area contributed by atoms with E-state index in [1.165, 1.54) is 12.5 Å². The second kappa shape index (κ2) is 7.39. The molecule has 1 aromatic heterocycles. The van der Waals surface area contributed by atoms with Crippen LogP contribution in [0, 0.1) is 0 Å². The summed E-state index contributed by atoms with van der Waals surface area (Å²) >= 11 is 0. The number of ether oxygens (including phenoxy) is 2. The first kappa shape index (κ1) is 19.2. The first-order valence-corrected chi connectivity index (χ1v) is 9.10. The molecular formula is C19H19N3O7. The number of benzene rings is 1. The van der Waals surface area contributed by atoms with E-state index in [0.29, 0.717) is 0 Å². The Kier molecular flexibility index (Phi) is 4.91. The molecule has 2 aliphatic rings. The van der Waals surface area contributed by atoms with Crippen LogP contribution in [-0.2, 0) is 9.47 Å². The van der Waals surface area contributed by atoms with Crippen molar-refractivity contribution >= 4 is 17.9 Å². The van der Waals surface area contributed by atoms with Crippen LogP contribution in [0.1, 0.15) is 39.4 Å². The number of imide groups is 1. The average molecular weight is 401 g/mol. The van der Waals surface area contributed by atoms with Crippen LogP contribution in [-0.4, -0.2) is 74.0 Å². The second-order valence-corrected chi connectivity index (χ2v) is 6.75. The fourth-order valence-corrected chi connectivity index (χ4v) is 3.51. The first-order valence-electron chi connectivity index (χ1n) is 9.10. The van der Waals surface area contributed by atoms with E-state index in [2.05, 4.69) is 4.98 Å². The Labute approximate surface area is 165 Å². The summed E-state index contributed by atoms with van der Waals surface area (Å²) in [7, 11) is 0. The molecule has 1 saturated heterocycles. The van der Waals surface area contributed by atoms with Crippen molar-refractivity contribution in [3.63, 3.8) is 0 Å². The summed E-state index contributed by atoms with van der Waals surface area (Å²) in [5.74, 6) is -0.961. The lowest BCUT2D eigenvalue weighted by molar-refractivity contribution is -0.00796. The number of fused-ring (bicyclic) bond motifs is 1. The number of aliphatic hydroxyl groups excluding tert-OH is 2. The van der Waals surface area contributed by atoms with Crippen molar-refractivity contribution in [1.82, 2.24) is 14.5 Å². The zero-order valence-electron chi connectivity index (χ0n) is 15.5. The lowest BCUT2D eigenvalue weighted by Gasteiger charge is -2.20. The number of hydrogen-bond acceptors (Lipinski definition) is 8. The zero-order valence-corrected chi connectivity index (χ0v) is 15.5. The molecule has 2 aromatic rings. The molecule has 2 N–H and O–H groups in total. The molecule has 0 saturated carbocycles. The molecule has 152 valence electrons. The van der Waals surface area contributed by atoms with Crippen LogP contribution in [0.25, 0.3) is 0 Å². The maximum Gasteiger partial charge on any atom is 0.419 e. The third kappa shape index (κ3) is 3.20. The molecule has 0 radical (unpaired) electrons. The normalized spacial score (nSPS) is 26.1. The number of aliphatic hydroxyl groups is 2. The topological polar surface area (TPSA) is 131 Å². The Bertz CT molecular complexity index is 937. The van der Waals surface area contributed by atoms with Crippen LogP contribution in [0.4, 0.5) is 4.79 Å². The maximum absolute atomic E-state index is 12.5. The van der Waals surface area contributed by atoms with E-state index in [1.54, 1.807) is 31.2 Å². The largest absolute Gasteiger partial charge is 0.449 e. The van der Waals surface area contributed by atoms with Crippen LogP contribution in [0.15, 0.2) is 36.8 Å². The molecule has 3 heterocycles. The molecule has 10 nitrogen and oxygen atoms in total. The van der Waals surface area contributed by atoms with Crippen molar-refractivity contribution in [2.75, 3.05) is 13.2 Å². The highest BCUT2D eigenvalue weighted by molar-refractivity contribution is 6.21. The van der Waals surface area contributed by atoms with Crippen molar-refractivity contribution < 1.29 is 34.1 Å². The molecule has 4 rings (SSSR count). The Morgan fingerprint density at radius 1 is 1.17 bits per heavy atom. The quantitative estimate of drug-likeness (QED) is 0.702. The van der Waals surface area contributed by atoms with Gasteiger partial charge in [0.15, 0.2) is 0 Å². The SMILES string of the molecule is CCOC(=O)n1cnc([C@@H]2O[C@H](CN3C(=O)c4ccccc4C3=O)[C@@H](O)[C@H]2O)c1. The van der Waals surface area contributed by atoms with E-state index < -0.39 is 42.3 Å². The van der Waals surface area contributed by atoms with E-state index in [0.717, 1.165) is 9.47 Å². The third-order valence-electron chi connectivity index (χ3n) is 4.98. The van der Waals surface area contributed by atoms with Gasteiger partial charge in [0.1, 0.15) is 30.7 Å². The average Bonchev–Trinajstić information content (AvgIpc) is 3.37. The first-order chi connectivity index (χ1) is 13.9. The molecule has 0 spiro atoms. The molecule has 10 heteroatoms. The smallest absolute Gasteiger partial charge is 0.419 e. The van der Waals surface area contributed by atoms with E-state index >= 15 is 0 Å². The van der Waals surface area contributed by atoms with Gasteiger partial charge >= 0.3 is 6.09 Å². The van der Waals surface area contributed by atoms with Crippen molar-refractivity contribution in [2.24, 2.45) is 0 Å². The minimum Gasteiger partial charge on any atom is -0.449 e. The molecule has 4 atom stereocenters. The summed E-state index contributed by atoms with van der Waals surface area (Å²) in [6.45, 7) is 1.63. The number of aromatic nitrogens is 2. The monoisotopic (exact) mass is 401 g/mol. The molecule has 1 aromatic carbocycles. The van der Waals surface area contributed by atoms with Gasteiger partial charge in [-0.2, -0.15) is 0 Å². The van der Waals surface area contributed by atoms with Gasteiger partial charge in [-0.25, -0.2) is 14.3 Å². The molecule has 29 heavy (non-hydrogen) atoms. The fraction of sp³-hybridized carbons (Fsp3) is 0.368. The van der Waals surface area contributed by atoms with E-state index in [1.807, 2.05) is 0 Å². The van der Waals surface area contributed by atoms with Crippen molar-refractivity contribution in [3.8, 4) is 0 Å². The number of imidazole rings is 1. The van der Waals surface area contributed by atoms with Crippen molar-refractivity contribution in [2.45, 2.75) is 31.3 Å². The second-order valence-electron chi connectivity index (χ2n) is 6.75. The molecule has 0 unspecified atom stereocenters. The molecular weight excluding hydrogens is 382 g/mol. The Hall–Kier alpha value is -3.08. The molecule has 2 amide bonds. The van der Waals surface area contributed by atoms with Crippen LogP contribution in [0.2, 0.25) is 0 Å². The van der Waals surface area contributed by atoms with Gasteiger partial charge in [-0.05, 0) is 19.1 Å². The van der Waals surface area contributed by atoms with Gasteiger partial charge < -0.3 is 19.7 Å². The Morgan fingerprint density at radius 2 is 1.83 bits per heavy atom. The van der Waals surface area contributed by atoms with Gasteiger partial charge in [-0.1, -0.05) is 12.1 Å². The highest BCUT2D eigenvalue weighted by Gasteiger charge is 2.47. The molecule has 0 bridgehead atoms. The number of rotatable bonds is 4. The lowest BCUT2D eigenvalue weighted by atomic mass is 10.1. The lowest BCUT2D eigenvalue weighted by Crippen LogP contribution is -2.42. The fourth-order valence-electron chi connectivity index (χ4n) is 3.51. The van der Waals surface area contributed by atoms with Crippen molar-refractivity contribution in [3.05, 3.63) is 53.6 Å². The highest BCUT2D eigenvalue weighted by Crippen LogP contribution is 2.34. The van der Waals surface area contributed by atoms with Crippen LogP contribution in [0.3, 0.4) is 0 Å². The van der Waals surface area contributed by atoms with E-state index in [4.69, 9.17) is 9.47 Å². The minimum absolute atomic E-state index is 0.190. The van der Waals surface area contributed by atoms with Gasteiger partial charge in [0.2, 0.25) is 0 Å². The molecule has 0 aliphatic carbocycles. The van der Waals surface area contributed by atoms with Gasteiger partial charge in [-0.15, -0.1) is 0 Å². The standard InChI is InChI=1S/C19H19N3O7/c1-2-28-19(27)21-7-12(20-9-21)16-15(24)14(23)13(29-16)8-22-17(25)10-5-3-4-6-11(10)18(22)26/h3-7,9,13-16,23-24H,2,8H2,1H3/t13-,14-,15-,16+/m1/s1. The Morgan fingerprint density at radius 3 is 2.45 bits per heavy atom. The summed E-state index contributed by atoms with van der Waals surface area (Å²) in [6, 6.07) is 6.44. The van der Waals surface area contributed by atoms with E-state index in [-0.39, 0.29) is 30.0 Å². The number of carbonyl (C=O) groups is 3. The zero-order chi connectivity index (χ0) is 20.7. The number of amides is 2. The van der Waals surface area contributed by atoms with E-state index in [9.17, 15) is 24.6 Å². The summed E-state index contributed by atoms with van der Waals surface area (Å²) in [6.07, 6.45) is -2.82. The van der Waals surface area contributed by atoms with Crippen LogP contribution >= 0.6 is 0 Å². The van der Waals surface area contributed by atoms with Crippen LogP contribution < -0.4 is 0 Å². The minimum atomic E-state index is -1.35. The predicted molar refractivity (Wildman–Crippen MR) is 96.1 cm³/mol. The van der Waals surface area contributed by atoms with Crippen LogP contribution in [0.5, 0.6) is 0 Å². The number of carbonyl (C=O) groups excluding carboxylic acids is 3. The van der Waals surface area contributed by atoms with Gasteiger partial charge in [0, 0.05) is 6.20 Å². The predicted octanol–water partition coefficient (Wildman–Crippen LogP) is 0.346. The molecule has 2 aliphatic heterocycles. The van der Waals surface area contributed by atoms with Gasteiger partial charge in [-0.3, -0.25) is 14.5 Å². The maximum atomic E-state index is 12.5. The summed E-state index contributed by atoms with van der Waals surface area (Å²) in [5, 5.41) is 20.8. The summed E-state index contributed by atoms with van der Waals surface area (Å²) in [5.41, 5.74) is 0.792.